The van der Waals surface area contributed by atoms with E-state index in [1.54, 1.807) is 0 Å². The average molecular weight is 219 g/mol. The topological polar surface area (TPSA) is 12.0 Å². The number of hydrogen-bond donors (Lipinski definition) is 1. The third kappa shape index (κ3) is 4.80. The summed E-state index contributed by atoms with van der Waals surface area (Å²) in [5.74, 6) is 0.816. The van der Waals surface area contributed by atoms with Gasteiger partial charge in [-0.2, -0.15) is 0 Å². The molecule has 1 N–H and O–H groups in total. The van der Waals surface area contributed by atoms with E-state index in [9.17, 15) is 0 Å². The van der Waals surface area contributed by atoms with Crippen LogP contribution in [0.2, 0.25) is 0 Å². The lowest BCUT2D eigenvalue weighted by Gasteiger charge is -2.15. The van der Waals surface area contributed by atoms with E-state index in [2.05, 4.69) is 57.3 Å². The van der Waals surface area contributed by atoms with Crippen molar-refractivity contribution >= 4 is 0 Å². The average Bonchev–Trinajstić information content (AvgIpc) is 2.24. The fourth-order valence-electron chi connectivity index (χ4n) is 1.89. The lowest BCUT2D eigenvalue weighted by atomic mass is 10.0. The standard InChI is InChI=1S/C15H25N/c1-12(2)7-6-10-16-14(4)15-9-5-8-13(3)11-15/h5,8-9,11-12,14,16H,6-7,10H2,1-4H3/t14-/m1/s1. The van der Waals surface area contributed by atoms with Gasteiger partial charge in [-0.25, -0.2) is 0 Å². The number of benzene rings is 1. The van der Waals surface area contributed by atoms with Crippen molar-refractivity contribution in [2.45, 2.75) is 46.6 Å². The Labute approximate surface area is 100 Å². The van der Waals surface area contributed by atoms with Crippen molar-refractivity contribution in [2.24, 2.45) is 5.92 Å². The highest BCUT2D eigenvalue weighted by Crippen LogP contribution is 2.13. The summed E-state index contributed by atoms with van der Waals surface area (Å²) >= 11 is 0. The highest BCUT2D eigenvalue weighted by Gasteiger charge is 2.04. The fourth-order valence-corrected chi connectivity index (χ4v) is 1.89. The Hall–Kier alpha value is -0.820. The van der Waals surface area contributed by atoms with E-state index in [0.29, 0.717) is 6.04 Å². The highest BCUT2D eigenvalue weighted by atomic mass is 14.9. The first-order valence-electron chi connectivity index (χ1n) is 6.39. The Balaban J connectivity index is 2.32. The minimum Gasteiger partial charge on any atom is -0.310 e. The molecule has 0 bridgehead atoms. The smallest absolute Gasteiger partial charge is 0.0291 e. The van der Waals surface area contributed by atoms with Gasteiger partial charge in [0.2, 0.25) is 0 Å². The van der Waals surface area contributed by atoms with Gasteiger partial charge in [0.1, 0.15) is 0 Å². The van der Waals surface area contributed by atoms with Gasteiger partial charge in [0, 0.05) is 6.04 Å². The third-order valence-electron chi connectivity index (χ3n) is 2.95. The molecule has 0 saturated heterocycles. The van der Waals surface area contributed by atoms with Crippen molar-refractivity contribution in [3.05, 3.63) is 35.4 Å². The van der Waals surface area contributed by atoms with Crippen LogP contribution in [0, 0.1) is 12.8 Å². The van der Waals surface area contributed by atoms with Crippen molar-refractivity contribution in [3.8, 4) is 0 Å². The Morgan fingerprint density at radius 2 is 1.94 bits per heavy atom. The van der Waals surface area contributed by atoms with Crippen LogP contribution < -0.4 is 5.32 Å². The summed E-state index contributed by atoms with van der Waals surface area (Å²) in [5.41, 5.74) is 2.73. The van der Waals surface area contributed by atoms with Crippen molar-refractivity contribution < 1.29 is 0 Å². The van der Waals surface area contributed by atoms with Gasteiger partial charge < -0.3 is 5.32 Å². The second-order valence-electron chi connectivity index (χ2n) is 5.13. The van der Waals surface area contributed by atoms with Gasteiger partial charge in [0.15, 0.2) is 0 Å². The molecule has 0 aliphatic carbocycles. The van der Waals surface area contributed by atoms with Gasteiger partial charge in [-0.15, -0.1) is 0 Å². The molecule has 1 atom stereocenters. The van der Waals surface area contributed by atoms with E-state index < -0.39 is 0 Å². The van der Waals surface area contributed by atoms with Gasteiger partial charge in [-0.1, -0.05) is 43.7 Å². The molecular weight excluding hydrogens is 194 g/mol. The quantitative estimate of drug-likeness (QED) is 0.711. The van der Waals surface area contributed by atoms with Crippen LogP contribution in [-0.2, 0) is 0 Å². The van der Waals surface area contributed by atoms with Gasteiger partial charge in [0.05, 0.1) is 0 Å². The van der Waals surface area contributed by atoms with Gasteiger partial charge in [-0.05, 0) is 44.7 Å². The predicted molar refractivity (Wildman–Crippen MR) is 71.7 cm³/mol. The summed E-state index contributed by atoms with van der Waals surface area (Å²) < 4.78 is 0. The maximum atomic E-state index is 3.58. The van der Waals surface area contributed by atoms with Crippen molar-refractivity contribution in [2.75, 3.05) is 6.54 Å². The number of rotatable bonds is 6. The normalized spacial score (nSPS) is 13.1. The lowest BCUT2D eigenvalue weighted by molar-refractivity contribution is 0.497. The van der Waals surface area contributed by atoms with E-state index in [1.165, 1.54) is 24.0 Å². The molecule has 0 fully saturated rings. The molecule has 0 aromatic heterocycles. The van der Waals surface area contributed by atoms with Crippen molar-refractivity contribution in [1.82, 2.24) is 5.32 Å². The largest absolute Gasteiger partial charge is 0.310 e. The van der Waals surface area contributed by atoms with Crippen molar-refractivity contribution in [3.63, 3.8) is 0 Å². The summed E-state index contributed by atoms with van der Waals surface area (Å²) in [7, 11) is 0. The molecule has 90 valence electrons. The van der Waals surface area contributed by atoms with Crippen LogP contribution in [0.25, 0.3) is 0 Å². The summed E-state index contributed by atoms with van der Waals surface area (Å²) in [6.45, 7) is 10.1. The van der Waals surface area contributed by atoms with E-state index >= 15 is 0 Å². The van der Waals surface area contributed by atoms with Crippen LogP contribution in [0.1, 0.15) is 50.8 Å². The Kier molecular flexibility index (Phi) is 5.54. The molecule has 16 heavy (non-hydrogen) atoms. The number of nitrogens with one attached hydrogen (secondary N) is 1. The summed E-state index contributed by atoms with van der Waals surface area (Å²) in [5, 5.41) is 3.58. The Bertz CT molecular complexity index is 304. The first-order valence-corrected chi connectivity index (χ1v) is 6.39. The molecular formula is C15H25N. The summed E-state index contributed by atoms with van der Waals surface area (Å²) in [6, 6.07) is 9.21. The van der Waals surface area contributed by atoms with Crippen LogP contribution >= 0.6 is 0 Å². The molecule has 0 aliphatic rings. The van der Waals surface area contributed by atoms with Crippen LogP contribution in [0.15, 0.2) is 24.3 Å². The molecule has 0 spiro atoms. The lowest BCUT2D eigenvalue weighted by Crippen LogP contribution is -2.20. The minimum atomic E-state index is 0.465. The van der Waals surface area contributed by atoms with Crippen molar-refractivity contribution in [1.29, 1.82) is 0 Å². The molecule has 1 heteroatoms. The predicted octanol–water partition coefficient (Wildman–Crippen LogP) is 4.08. The van der Waals surface area contributed by atoms with Crippen LogP contribution in [-0.4, -0.2) is 6.54 Å². The molecule has 0 amide bonds. The van der Waals surface area contributed by atoms with E-state index in [4.69, 9.17) is 0 Å². The van der Waals surface area contributed by atoms with Gasteiger partial charge in [-0.3, -0.25) is 0 Å². The van der Waals surface area contributed by atoms with Crippen LogP contribution in [0.4, 0.5) is 0 Å². The maximum Gasteiger partial charge on any atom is 0.0291 e. The second kappa shape index (κ2) is 6.70. The van der Waals surface area contributed by atoms with Crippen LogP contribution in [0.5, 0.6) is 0 Å². The number of aryl methyl sites for hydroxylation is 1. The molecule has 1 aromatic carbocycles. The summed E-state index contributed by atoms with van der Waals surface area (Å²) in [4.78, 5) is 0. The Morgan fingerprint density at radius 3 is 2.56 bits per heavy atom. The molecule has 0 radical (unpaired) electrons. The molecule has 0 aliphatic heterocycles. The second-order valence-corrected chi connectivity index (χ2v) is 5.13. The molecule has 1 nitrogen and oxygen atoms in total. The third-order valence-corrected chi connectivity index (χ3v) is 2.95. The zero-order valence-electron chi connectivity index (χ0n) is 11.1. The van der Waals surface area contributed by atoms with E-state index in [1.807, 2.05) is 0 Å². The molecule has 1 aromatic rings. The Morgan fingerprint density at radius 1 is 1.19 bits per heavy atom. The van der Waals surface area contributed by atoms with Crippen LogP contribution in [0.3, 0.4) is 0 Å². The molecule has 1 rings (SSSR count). The van der Waals surface area contributed by atoms with Gasteiger partial charge in [0.25, 0.3) is 0 Å². The maximum absolute atomic E-state index is 3.58. The van der Waals surface area contributed by atoms with E-state index in [-0.39, 0.29) is 0 Å². The monoisotopic (exact) mass is 219 g/mol. The molecule has 0 heterocycles. The minimum absolute atomic E-state index is 0.465. The first-order chi connectivity index (χ1) is 7.59. The zero-order chi connectivity index (χ0) is 12.0. The summed E-state index contributed by atoms with van der Waals surface area (Å²) in [6.07, 6.45) is 2.58. The number of hydrogen-bond acceptors (Lipinski definition) is 1. The SMILES string of the molecule is Cc1cccc([C@@H](C)NCCCC(C)C)c1. The first kappa shape index (κ1) is 13.2. The molecule has 0 unspecified atom stereocenters. The fraction of sp³-hybridized carbons (Fsp3) is 0.600. The highest BCUT2D eigenvalue weighted by molar-refractivity contribution is 5.24. The zero-order valence-corrected chi connectivity index (χ0v) is 11.1. The van der Waals surface area contributed by atoms with E-state index in [0.717, 1.165) is 12.5 Å². The van der Waals surface area contributed by atoms with Gasteiger partial charge >= 0.3 is 0 Å². The molecule has 0 saturated carbocycles.